The molecular formula is C25H29N7S. The SMILES string of the molecule is c1ccc([C@@H](c2nnnn2C2CCCCC2)N2CCN(c3nc4ccccc4s3)CC2)cc1. The monoisotopic (exact) mass is 459 g/mol. The van der Waals surface area contributed by atoms with Gasteiger partial charge in [-0.25, -0.2) is 9.67 Å². The summed E-state index contributed by atoms with van der Waals surface area (Å²) in [5, 5.41) is 14.3. The predicted octanol–water partition coefficient (Wildman–Crippen LogP) is 4.70. The molecule has 0 bridgehead atoms. The van der Waals surface area contributed by atoms with Gasteiger partial charge in [-0.05, 0) is 41.0 Å². The molecule has 2 aromatic carbocycles. The first-order valence-corrected chi connectivity index (χ1v) is 12.9. The van der Waals surface area contributed by atoms with Crippen LogP contribution in [0.4, 0.5) is 5.13 Å². The summed E-state index contributed by atoms with van der Waals surface area (Å²) < 4.78 is 3.39. The first kappa shape index (κ1) is 20.7. The van der Waals surface area contributed by atoms with Crippen molar-refractivity contribution < 1.29 is 0 Å². The van der Waals surface area contributed by atoms with Crippen LogP contribution in [0.5, 0.6) is 0 Å². The van der Waals surface area contributed by atoms with Gasteiger partial charge < -0.3 is 4.90 Å². The minimum atomic E-state index is 0.0700. The second kappa shape index (κ2) is 9.19. The van der Waals surface area contributed by atoms with Gasteiger partial charge in [0.1, 0.15) is 0 Å². The molecule has 1 saturated carbocycles. The number of hydrogen-bond donors (Lipinski definition) is 0. The number of thiazole rings is 1. The van der Waals surface area contributed by atoms with Gasteiger partial charge in [0.2, 0.25) is 0 Å². The van der Waals surface area contributed by atoms with E-state index in [1.54, 1.807) is 11.3 Å². The van der Waals surface area contributed by atoms with E-state index < -0.39 is 0 Å². The average Bonchev–Trinajstić information content (AvgIpc) is 3.53. The highest BCUT2D eigenvalue weighted by Crippen LogP contribution is 2.35. The van der Waals surface area contributed by atoms with Gasteiger partial charge in [-0.15, -0.1) is 5.10 Å². The van der Waals surface area contributed by atoms with E-state index in [0.717, 1.165) is 42.7 Å². The van der Waals surface area contributed by atoms with Crippen molar-refractivity contribution in [2.45, 2.75) is 44.2 Å². The highest BCUT2D eigenvalue weighted by molar-refractivity contribution is 7.22. The van der Waals surface area contributed by atoms with Crippen LogP contribution >= 0.6 is 11.3 Å². The van der Waals surface area contributed by atoms with E-state index in [2.05, 4.69) is 84.6 Å². The summed E-state index contributed by atoms with van der Waals surface area (Å²) in [5.74, 6) is 0.988. The zero-order chi connectivity index (χ0) is 22.0. The van der Waals surface area contributed by atoms with Gasteiger partial charge in [-0.1, -0.05) is 73.1 Å². The van der Waals surface area contributed by atoms with E-state index in [0.29, 0.717) is 6.04 Å². The fourth-order valence-corrected chi connectivity index (χ4v) is 6.31. The Balaban J connectivity index is 1.26. The van der Waals surface area contributed by atoms with Gasteiger partial charge in [-0.2, -0.15) is 0 Å². The van der Waals surface area contributed by atoms with Crippen molar-refractivity contribution in [2.24, 2.45) is 0 Å². The molecule has 4 aromatic rings. The third-order valence-corrected chi connectivity index (χ3v) is 8.13. The Morgan fingerprint density at radius 3 is 2.39 bits per heavy atom. The largest absolute Gasteiger partial charge is 0.345 e. The maximum atomic E-state index is 4.88. The standard InChI is InChI=1S/C25H29N7S/c1-3-9-19(10-4-1)23(24-27-28-29-32(24)20-11-5-2-6-12-20)30-15-17-31(18-16-30)25-26-21-13-7-8-14-22(21)33-25/h1,3-4,7-10,13-14,20,23H,2,5-6,11-12,15-18H2/t23-/m0/s1. The first-order chi connectivity index (χ1) is 16.4. The average molecular weight is 460 g/mol. The molecule has 2 fully saturated rings. The number of anilines is 1. The summed E-state index contributed by atoms with van der Waals surface area (Å²) in [5.41, 5.74) is 2.35. The molecule has 0 spiro atoms. The van der Waals surface area contributed by atoms with Gasteiger partial charge in [-0.3, -0.25) is 4.90 Å². The minimum Gasteiger partial charge on any atom is -0.345 e. The van der Waals surface area contributed by atoms with Gasteiger partial charge >= 0.3 is 0 Å². The molecule has 0 N–H and O–H groups in total. The molecule has 8 heteroatoms. The second-order valence-electron chi connectivity index (χ2n) is 9.07. The Morgan fingerprint density at radius 1 is 0.848 bits per heavy atom. The van der Waals surface area contributed by atoms with Crippen LogP contribution < -0.4 is 4.90 Å². The Morgan fingerprint density at radius 2 is 1.61 bits per heavy atom. The number of hydrogen-bond acceptors (Lipinski definition) is 7. The lowest BCUT2D eigenvalue weighted by Crippen LogP contribution is -2.48. The highest BCUT2D eigenvalue weighted by Gasteiger charge is 2.33. The summed E-state index contributed by atoms with van der Waals surface area (Å²) in [6.45, 7) is 3.81. The van der Waals surface area contributed by atoms with E-state index >= 15 is 0 Å². The molecule has 0 amide bonds. The molecule has 1 atom stereocenters. The van der Waals surface area contributed by atoms with Crippen LogP contribution in [-0.2, 0) is 0 Å². The second-order valence-corrected chi connectivity index (χ2v) is 10.1. The molecule has 3 heterocycles. The lowest BCUT2D eigenvalue weighted by Gasteiger charge is -2.39. The van der Waals surface area contributed by atoms with Gasteiger partial charge in [0, 0.05) is 26.2 Å². The van der Waals surface area contributed by atoms with E-state index in [-0.39, 0.29) is 6.04 Å². The molecule has 33 heavy (non-hydrogen) atoms. The van der Waals surface area contributed by atoms with E-state index in [1.807, 2.05) is 0 Å². The molecule has 170 valence electrons. The number of tetrazole rings is 1. The third kappa shape index (κ3) is 4.13. The number of rotatable bonds is 5. The summed E-state index contributed by atoms with van der Waals surface area (Å²) >= 11 is 1.79. The fourth-order valence-electron chi connectivity index (χ4n) is 5.29. The van der Waals surface area contributed by atoms with E-state index in [4.69, 9.17) is 4.98 Å². The number of aromatic nitrogens is 5. The normalized spacial score (nSPS) is 19.2. The number of nitrogens with zero attached hydrogens (tertiary/aromatic N) is 7. The predicted molar refractivity (Wildman–Crippen MR) is 132 cm³/mol. The highest BCUT2D eigenvalue weighted by atomic mass is 32.1. The van der Waals surface area contributed by atoms with Crippen LogP contribution in [0, 0.1) is 0 Å². The topological polar surface area (TPSA) is 63.0 Å². The van der Waals surface area contributed by atoms with Crippen molar-refractivity contribution in [2.75, 3.05) is 31.1 Å². The molecule has 1 aliphatic carbocycles. The van der Waals surface area contributed by atoms with E-state index in [9.17, 15) is 0 Å². The molecule has 0 unspecified atom stereocenters. The molecular weight excluding hydrogens is 430 g/mol. The Bertz CT molecular complexity index is 1160. The summed E-state index contributed by atoms with van der Waals surface area (Å²) in [6.07, 6.45) is 6.20. The van der Waals surface area contributed by atoms with Crippen LogP contribution in [0.2, 0.25) is 0 Å². The molecule has 6 rings (SSSR count). The number of para-hydroxylation sites is 1. The van der Waals surface area contributed by atoms with E-state index in [1.165, 1.54) is 42.4 Å². The maximum absolute atomic E-state index is 4.88. The molecule has 2 aliphatic rings. The van der Waals surface area contributed by atoms with Crippen LogP contribution in [0.25, 0.3) is 10.2 Å². The first-order valence-electron chi connectivity index (χ1n) is 12.0. The summed E-state index contributed by atoms with van der Waals surface area (Å²) in [6, 6.07) is 19.6. The third-order valence-electron chi connectivity index (χ3n) is 7.03. The van der Waals surface area contributed by atoms with Crippen LogP contribution in [0.1, 0.15) is 55.6 Å². The van der Waals surface area contributed by atoms with Crippen molar-refractivity contribution in [3.05, 3.63) is 66.0 Å². The lowest BCUT2D eigenvalue weighted by molar-refractivity contribution is 0.193. The van der Waals surface area contributed by atoms with Gasteiger partial charge in [0.05, 0.1) is 22.3 Å². The van der Waals surface area contributed by atoms with Crippen molar-refractivity contribution in [3.63, 3.8) is 0 Å². The minimum absolute atomic E-state index is 0.0700. The number of fused-ring (bicyclic) bond motifs is 1. The maximum Gasteiger partial charge on any atom is 0.186 e. The Hall–Kier alpha value is -2.84. The lowest BCUT2D eigenvalue weighted by atomic mass is 9.95. The number of piperazine rings is 1. The van der Waals surface area contributed by atoms with Gasteiger partial charge in [0.25, 0.3) is 0 Å². The van der Waals surface area contributed by atoms with Crippen molar-refractivity contribution in [1.29, 1.82) is 0 Å². The van der Waals surface area contributed by atoms with Crippen LogP contribution in [0.15, 0.2) is 54.6 Å². The molecule has 7 nitrogen and oxygen atoms in total. The number of benzene rings is 2. The summed E-state index contributed by atoms with van der Waals surface area (Å²) in [7, 11) is 0. The van der Waals surface area contributed by atoms with Crippen molar-refractivity contribution in [3.8, 4) is 0 Å². The molecule has 1 saturated heterocycles. The van der Waals surface area contributed by atoms with Crippen LogP contribution in [-0.4, -0.2) is 56.3 Å². The molecule has 2 aromatic heterocycles. The van der Waals surface area contributed by atoms with Crippen molar-refractivity contribution in [1.82, 2.24) is 30.1 Å². The van der Waals surface area contributed by atoms with Crippen molar-refractivity contribution >= 4 is 26.7 Å². The summed E-state index contributed by atoms with van der Waals surface area (Å²) in [4.78, 5) is 9.85. The Labute approximate surface area is 198 Å². The fraction of sp³-hybridized carbons (Fsp3) is 0.440. The quantitative estimate of drug-likeness (QED) is 0.431. The molecule has 0 radical (unpaired) electrons. The van der Waals surface area contributed by atoms with Crippen LogP contribution in [0.3, 0.4) is 0 Å². The van der Waals surface area contributed by atoms with Gasteiger partial charge in [0.15, 0.2) is 11.0 Å². The zero-order valence-electron chi connectivity index (χ0n) is 18.8. The smallest absolute Gasteiger partial charge is 0.186 e. The zero-order valence-corrected chi connectivity index (χ0v) is 19.6. The molecule has 1 aliphatic heterocycles. The Kier molecular flexibility index (Phi) is 5.78.